The first kappa shape index (κ1) is 20.3. The van der Waals surface area contributed by atoms with Crippen LogP contribution < -0.4 is 0 Å². The second kappa shape index (κ2) is 10.2. The molecule has 0 fully saturated rings. The number of H-pyrrole nitrogens is 1. The number of carbonyl (C=O) groups excluding carboxylic acids is 1. The van der Waals surface area contributed by atoms with Crippen LogP contribution in [0.15, 0.2) is 73.2 Å². The van der Waals surface area contributed by atoms with E-state index in [1.807, 2.05) is 60.7 Å². The van der Waals surface area contributed by atoms with E-state index in [4.69, 9.17) is 0 Å². The molecule has 1 aromatic heterocycles. The van der Waals surface area contributed by atoms with Crippen molar-refractivity contribution in [1.29, 1.82) is 0 Å². The monoisotopic (exact) mass is 391 g/mol. The summed E-state index contributed by atoms with van der Waals surface area (Å²) < 4.78 is 0. The first-order valence-corrected chi connectivity index (χ1v) is 9.71. The minimum atomic E-state index is -1.01. The van der Waals surface area contributed by atoms with Gasteiger partial charge in [-0.25, -0.2) is 9.78 Å². The fraction of sp³-hybridized carbons (Fsp3) is 0.261. The first-order chi connectivity index (χ1) is 14.1. The molecule has 6 nitrogen and oxygen atoms in total. The summed E-state index contributed by atoms with van der Waals surface area (Å²) in [7, 11) is 0. The lowest BCUT2D eigenvalue weighted by atomic mass is 10.1. The highest BCUT2D eigenvalue weighted by atomic mass is 16.4. The van der Waals surface area contributed by atoms with Crippen LogP contribution in [0.3, 0.4) is 0 Å². The van der Waals surface area contributed by atoms with Crippen molar-refractivity contribution in [3.63, 3.8) is 0 Å². The molecule has 29 heavy (non-hydrogen) atoms. The number of hydrogen-bond acceptors (Lipinski definition) is 3. The number of aromatic amines is 1. The highest BCUT2D eigenvalue weighted by Crippen LogP contribution is 2.13. The van der Waals surface area contributed by atoms with Crippen LogP contribution in [0.25, 0.3) is 0 Å². The molecule has 1 heterocycles. The minimum Gasteiger partial charge on any atom is -0.480 e. The van der Waals surface area contributed by atoms with Crippen LogP contribution in [0.4, 0.5) is 0 Å². The fourth-order valence-electron chi connectivity index (χ4n) is 3.32. The Morgan fingerprint density at radius 2 is 1.59 bits per heavy atom. The van der Waals surface area contributed by atoms with E-state index in [0.717, 1.165) is 11.1 Å². The Bertz CT molecular complexity index is 896. The largest absolute Gasteiger partial charge is 0.480 e. The predicted octanol–water partition coefficient (Wildman–Crippen LogP) is 3.11. The molecule has 150 valence electrons. The Kier molecular flexibility index (Phi) is 7.16. The number of nitrogens with zero attached hydrogens (tertiary/aromatic N) is 2. The van der Waals surface area contributed by atoms with Crippen molar-refractivity contribution in [3.05, 3.63) is 90.0 Å². The van der Waals surface area contributed by atoms with Crippen molar-refractivity contribution in [2.75, 3.05) is 6.54 Å². The molecule has 0 saturated heterocycles. The molecule has 0 aliphatic rings. The lowest BCUT2D eigenvalue weighted by Crippen LogP contribution is -2.47. The van der Waals surface area contributed by atoms with E-state index in [1.54, 1.807) is 6.20 Å². The van der Waals surface area contributed by atoms with Gasteiger partial charge < -0.3 is 15.0 Å². The highest BCUT2D eigenvalue weighted by molar-refractivity contribution is 5.84. The number of amides is 1. The number of imidazole rings is 1. The molecule has 3 aromatic rings. The van der Waals surface area contributed by atoms with Gasteiger partial charge in [-0.05, 0) is 24.0 Å². The van der Waals surface area contributed by atoms with E-state index in [0.29, 0.717) is 25.1 Å². The Labute approximate surface area is 170 Å². The van der Waals surface area contributed by atoms with Gasteiger partial charge in [-0.2, -0.15) is 0 Å². The van der Waals surface area contributed by atoms with Gasteiger partial charge in [-0.15, -0.1) is 0 Å². The van der Waals surface area contributed by atoms with Crippen LogP contribution in [0.2, 0.25) is 0 Å². The van der Waals surface area contributed by atoms with Crippen molar-refractivity contribution in [1.82, 2.24) is 14.9 Å². The molecule has 1 atom stereocenters. The van der Waals surface area contributed by atoms with Crippen molar-refractivity contribution in [2.45, 2.75) is 31.7 Å². The number of carbonyl (C=O) groups is 2. The fourth-order valence-corrected chi connectivity index (χ4v) is 3.32. The second-order valence-electron chi connectivity index (χ2n) is 6.94. The zero-order valence-electron chi connectivity index (χ0n) is 16.2. The maximum absolute atomic E-state index is 13.0. The number of carboxylic acid groups (broad SMARTS) is 1. The van der Waals surface area contributed by atoms with Gasteiger partial charge in [0.25, 0.3) is 0 Å². The maximum atomic E-state index is 13.0. The van der Waals surface area contributed by atoms with Crippen LogP contribution in [-0.4, -0.2) is 44.4 Å². The van der Waals surface area contributed by atoms with Crippen LogP contribution in [0, 0.1) is 0 Å². The molecule has 6 heteroatoms. The number of carboxylic acids is 1. The number of aromatic nitrogens is 2. The summed E-state index contributed by atoms with van der Waals surface area (Å²) in [6.07, 6.45) is 4.76. The van der Waals surface area contributed by atoms with Crippen molar-refractivity contribution in [2.24, 2.45) is 0 Å². The summed E-state index contributed by atoms with van der Waals surface area (Å²) >= 11 is 0. The smallest absolute Gasteiger partial charge is 0.326 e. The van der Waals surface area contributed by atoms with Gasteiger partial charge in [-0.1, -0.05) is 60.7 Å². The van der Waals surface area contributed by atoms with E-state index in [9.17, 15) is 14.7 Å². The molecule has 2 N–H and O–H groups in total. The predicted molar refractivity (Wildman–Crippen MR) is 110 cm³/mol. The van der Waals surface area contributed by atoms with E-state index >= 15 is 0 Å². The summed E-state index contributed by atoms with van der Waals surface area (Å²) in [6.45, 7) is 0.350. The topological polar surface area (TPSA) is 86.3 Å². The van der Waals surface area contributed by atoms with E-state index in [2.05, 4.69) is 9.97 Å². The zero-order chi connectivity index (χ0) is 20.5. The number of benzene rings is 2. The molecule has 0 unspecified atom stereocenters. The normalized spacial score (nSPS) is 11.7. The Hall–Kier alpha value is -3.41. The second-order valence-corrected chi connectivity index (χ2v) is 6.94. The molecule has 0 spiro atoms. The number of aryl methyl sites for hydroxylation is 1. The molecule has 2 aromatic carbocycles. The molecule has 0 radical (unpaired) electrons. The molecule has 1 amide bonds. The SMILES string of the molecule is O=C(O)[C@H](Cc1cnc[nH]1)N(CCc1ccccc1)C(=O)CCc1ccccc1. The highest BCUT2D eigenvalue weighted by Gasteiger charge is 2.29. The van der Waals surface area contributed by atoms with Gasteiger partial charge in [0.15, 0.2) is 0 Å². The summed E-state index contributed by atoms with van der Waals surface area (Å²) in [5, 5.41) is 9.85. The van der Waals surface area contributed by atoms with E-state index < -0.39 is 12.0 Å². The van der Waals surface area contributed by atoms with Crippen molar-refractivity contribution in [3.8, 4) is 0 Å². The lowest BCUT2D eigenvalue weighted by Gasteiger charge is -2.29. The van der Waals surface area contributed by atoms with Crippen LogP contribution in [0.5, 0.6) is 0 Å². The average Bonchev–Trinajstić information content (AvgIpc) is 3.26. The van der Waals surface area contributed by atoms with Gasteiger partial charge in [0.05, 0.1) is 6.33 Å². The molecule has 0 aliphatic heterocycles. The standard InChI is InChI=1S/C23H25N3O3/c27-22(12-11-18-7-3-1-4-8-18)26(14-13-19-9-5-2-6-10-19)21(23(28)29)15-20-16-24-17-25-20/h1-10,16-17,21H,11-15H2,(H,24,25)(H,28,29)/t21-/m0/s1. The zero-order valence-corrected chi connectivity index (χ0v) is 16.2. The summed E-state index contributed by atoms with van der Waals surface area (Å²) in [5.74, 6) is -1.17. The lowest BCUT2D eigenvalue weighted by molar-refractivity contribution is -0.150. The number of rotatable bonds is 10. The molecule has 0 bridgehead atoms. The number of hydrogen-bond donors (Lipinski definition) is 2. The van der Waals surface area contributed by atoms with Crippen LogP contribution >= 0.6 is 0 Å². The van der Waals surface area contributed by atoms with Crippen molar-refractivity contribution >= 4 is 11.9 Å². The summed E-state index contributed by atoms with van der Waals surface area (Å²) in [6, 6.07) is 18.6. The van der Waals surface area contributed by atoms with E-state index in [-0.39, 0.29) is 18.7 Å². The quantitative estimate of drug-likeness (QED) is 0.556. The molecular formula is C23H25N3O3. The molecule has 0 saturated carbocycles. The Balaban J connectivity index is 1.74. The Morgan fingerprint density at radius 3 is 2.14 bits per heavy atom. The van der Waals surface area contributed by atoms with Gasteiger partial charge in [0.1, 0.15) is 6.04 Å². The van der Waals surface area contributed by atoms with Crippen molar-refractivity contribution < 1.29 is 14.7 Å². The third-order valence-corrected chi connectivity index (χ3v) is 4.90. The van der Waals surface area contributed by atoms with Gasteiger partial charge in [0, 0.05) is 31.3 Å². The van der Waals surface area contributed by atoms with Crippen LogP contribution in [-0.2, 0) is 28.9 Å². The summed E-state index contributed by atoms with van der Waals surface area (Å²) in [5.41, 5.74) is 2.82. The average molecular weight is 391 g/mol. The van der Waals surface area contributed by atoms with Gasteiger partial charge in [-0.3, -0.25) is 4.79 Å². The molecule has 0 aliphatic carbocycles. The third-order valence-electron chi connectivity index (χ3n) is 4.90. The Morgan fingerprint density at radius 1 is 0.966 bits per heavy atom. The third kappa shape index (κ3) is 6.04. The molecule has 3 rings (SSSR count). The maximum Gasteiger partial charge on any atom is 0.326 e. The first-order valence-electron chi connectivity index (χ1n) is 9.71. The number of nitrogens with one attached hydrogen (secondary N) is 1. The van der Waals surface area contributed by atoms with E-state index in [1.165, 1.54) is 11.2 Å². The summed E-state index contributed by atoms with van der Waals surface area (Å²) in [4.78, 5) is 33.5. The van der Waals surface area contributed by atoms with Gasteiger partial charge in [0.2, 0.25) is 5.91 Å². The minimum absolute atomic E-state index is 0.156. The molecular weight excluding hydrogens is 366 g/mol. The van der Waals surface area contributed by atoms with Gasteiger partial charge >= 0.3 is 5.97 Å². The number of aliphatic carboxylic acids is 1. The van der Waals surface area contributed by atoms with Crippen LogP contribution in [0.1, 0.15) is 23.2 Å².